The van der Waals surface area contributed by atoms with Crippen LogP contribution in [0.2, 0.25) is 0 Å². The molecule has 0 aliphatic carbocycles. The van der Waals surface area contributed by atoms with E-state index in [2.05, 4.69) is 6.92 Å². The summed E-state index contributed by atoms with van der Waals surface area (Å²) in [5.74, 6) is -0.290. The number of benzene rings is 1. The first-order valence-electron chi connectivity index (χ1n) is 6.38. The predicted octanol–water partition coefficient (Wildman–Crippen LogP) is 3.83. The summed E-state index contributed by atoms with van der Waals surface area (Å²) in [6, 6.07) is 8.03. The first-order valence-corrected chi connectivity index (χ1v) is 6.38. The van der Waals surface area contributed by atoms with E-state index in [-0.39, 0.29) is 11.9 Å². The quantitative estimate of drug-likeness (QED) is 0.552. The van der Waals surface area contributed by atoms with Gasteiger partial charge in [-0.25, -0.2) is 0 Å². The van der Waals surface area contributed by atoms with Crippen LogP contribution in [0, 0.1) is 6.92 Å². The highest BCUT2D eigenvalue weighted by molar-refractivity contribution is 5.77. The topological polar surface area (TPSA) is 26.3 Å². The molecule has 1 rings (SSSR count). The highest BCUT2D eigenvalue weighted by Gasteiger charge is 2.16. The Hall–Kier alpha value is -1.31. The lowest BCUT2D eigenvalue weighted by Gasteiger charge is -2.11. The molecule has 0 aromatic heterocycles. The normalized spacial score (nSPS) is 12.2. The van der Waals surface area contributed by atoms with Crippen molar-refractivity contribution in [3.63, 3.8) is 0 Å². The molecule has 0 fully saturated rings. The average Bonchev–Trinajstić information content (AvgIpc) is 2.34. The minimum Gasteiger partial charge on any atom is -0.465 e. The molecule has 1 unspecified atom stereocenters. The molecule has 0 spiro atoms. The predicted molar refractivity (Wildman–Crippen MR) is 70.1 cm³/mol. The van der Waals surface area contributed by atoms with Gasteiger partial charge in [-0.05, 0) is 25.8 Å². The average molecular weight is 234 g/mol. The molecule has 0 aliphatic rings. The first kappa shape index (κ1) is 13.8. The molecule has 1 atom stereocenters. The number of hydrogen-bond acceptors (Lipinski definition) is 2. The van der Waals surface area contributed by atoms with Crippen molar-refractivity contribution in [3.8, 4) is 0 Å². The maximum absolute atomic E-state index is 11.8. The van der Waals surface area contributed by atoms with Crippen LogP contribution in [-0.2, 0) is 9.53 Å². The number of hydrogen-bond donors (Lipinski definition) is 0. The third kappa shape index (κ3) is 4.59. The van der Waals surface area contributed by atoms with Gasteiger partial charge in [0.2, 0.25) is 0 Å². The van der Waals surface area contributed by atoms with Gasteiger partial charge >= 0.3 is 5.97 Å². The molecule has 0 heterocycles. The number of ether oxygens (including phenoxy) is 1. The zero-order chi connectivity index (χ0) is 12.7. The summed E-state index contributed by atoms with van der Waals surface area (Å²) in [5, 5.41) is 0. The summed E-state index contributed by atoms with van der Waals surface area (Å²) >= 11 is 0. The van der Waals surface area contributed by atoms with Gasteiger partial charge < -0.3 is 4.74 Å². The van der Waals surface area contributed by atoms with Gasteiger partial charge in [0.1, 0.15) is 0 Å². The number of carbonyl (C=O) groups excluding carboxylic acids is 1. The summed E-state index contributed by atoms with van der Waals surface area (Å²) in [6.45, 7) is 6.62. The van der Waals surface area contributed by atoms with Crippen molar-refractivity contribution < 1.29 is 9.53 Å². The van der Waals surface area contributed by atoms with Crippen LogP contribution in [0.1, 0.15) is 50.2 Å². The van der Waals surface area contributed by atoms with Gasteiger partial charge in [0, 0.05) is 0 Å². The molecule has 0 saturated carbocycles. The van der Waals surface area contributed by atoms with E-state index in [1.165, 1.54) is 5.56 Å². The van der Waals surface area contributed by atoms with E-state index in [1.54, 1.807) is 0 Å². The highest BCUT2D eigenvalue weighted by Crippen LogP contribution is 2.17. The van der Waals surface area contributed by atoms with Gasteiger partial charge in [-0.3, -0.25) is 4.79 Å². The Morgan fingerprint density at radius 3 is 2.47 bits per heavy atom. The zero-order valence-electron chi connectivity index (χ0n) is 11.0. The molecule has 0 amide bonds. The SMILES string of the molecule is CCCCCOC(=O)C(C)c1ccc(C)cc1. The third-order valence-corrected chi connectivity index (χ3v) is 2.92. The molecule has 0 N–H and O–H groups in total. The fourth-order valence-corrected chi connectivity index (χ4v) is 1.64. The molecular weight excluding hydrogens is 212 g/mol. The second-order valence-corrected chi connectivity index (χ2v) is 4.51. The van der Waals surface area contributed by atoms with Crippen LogP contribution in [-0.4, -0.2) is 12.6 Å². The molecule has 94 valence electrons. The van der Waals surface area contributed by atoms with Crippen molar-refractivity contribution in [1.82, 2.24) is 0 Å². The van der Waals surface area contributed by atoms with Gasteiger partial charge in [-0.15, -0.1) is 0 Å². The monoisotopic (exact) mass is 234 g/mol. The van der Waals surface area contributed by atoms with Gasteiger partial charge in [0.25, 0.3) is 0 Å². The maximum Gasteiger partial charge on any atom is 0.313 e. The van der Waals surface area contributed by atoms with E-state index in [0.717, 1.165) is 24.8 Å². The lowest BCUT2D eigenvalue weighted by molar-refractivity contribution is -0.145. The molecule has 1 aromatic rings. The molecule has 1 aromatic carbocycles. The fourth-order valence-electron chi connectivity index (χ4n) is 1.64. The standard InChI is InChI=1S/C15H22O2/c1-4-5-6-11-17-15(16)13(3)14-9-7-12(2)8-10-14/h7-10,13H,4-6,11H2,1-3H3. The van der Waals surface area contributed by atoms with E-state index in [9.17, 15) is 4.79 Å². The summed E-state index contributed by atoms with van der Waals surface area (Å²) in [4.78, 5) is 11.8. The third-order valence-electron chi connectivity index (χ3n) is 2.92. The maximum atomic E-state index is 11.8. The Balaban J connectivity index is 2.43. The number of esters is 1. The largest absolute Gasteiger partial charge is 0.465 e. The van der Waals surface area contributed by atoms with Crippen LogP contribution in [0.25, 0.3) is 0 Å². The molecule has 2 nitrogen and oxygen atoms in total. The Bertz CT molecular complexity index is 340. The van der Waals surface area contributed by atoms with Crippen LogP contribution in [0.3, 0.4) is 0 Å². The highest BCUT2D eigenvalue weighted by atomic mass is 16.5. The van der Waals surface area contributed by atoms with Gasteiger partial charge in [-0.1, -0.05) is 49.6 Å². The summed E-state index contributed by atoms with van der Waals surface area (Å²) in [6.07, 6.45) is 3.22. The van der Waals surface area contributed by atoms with Crippen LogP contribution < -0.4 is 0 Å². The zero-order valence-corrected chi connectivity index (χ0v) is 11.0. The van der Waals surface area contributed by atoms with Gasteiger partial charge in [-0.2, -0.15) is 0 Å². The summed E-state index contributed by atoms with van der Waals surface area (Å²) in [5.41, 5.74) is 2.23. The fraction of sp³-hybridized carbons (Fsp3) is 0.533. The van der Waals surface area contributed by atoms with Crippen molar-refractivity contribution >= 4 is 5.97 Å². The van der Waals surface area contributed by atoms with E-state index in [0.29, 0.717) is 6.61 Å². The van der Waals surface area contributed by atoms with Crippen LogP contribution >= 0.6 is 0 Å². The molecule has 0 aliphatic heterocycles. The number of aryl methyl sites for hydroxylation is 1. The first-order chi connectivity index (χ1) is 8.15. The molecule has 2 heteroatoms. The Morgan fingerprint density at radius 2 is 1.88 bits per heavy atom. The molecule has 0 radical (unpaired) electrons. The minimum atomic E-state index is -0.169. The smallest absolute Gasteiger partial charge is 0.313 e. The molecular formula is C15H22O2. The lowest BCUT2D eigenvalue weighted by atomic mass is 10.0. The molecule has 0 saturated heterocycles. The summed E-state index contributed by atoms with van der Waals surface area (Å²) < 4.78 is 5.25. The van der Waals surface area contributed by atoms with Gasteiger partial charge in [0.05, 0.1) is 12.5 Å². The van der Waals surface area contributed by atoms with Crippen LogP contribution in [0.5, 0.6) is 0 Å². The second kappa shape index (κ2) is 7.10. The van der Waals surface area contributed by atoms with E-state index >= 15 is 0 Å². The van der Waals surface area contributed by atoms with E-state index in [1.807, 2.05) is 38.1 Å². The van der Waals surface area contributed by atoms with Crippen molar-refractivity contribution in [1.29, 1.82) is 0 Å². The van der Waals surface area contributed by atoms with Crippen molar-refractivity contribution in [2.45, 2.75) is 46.0 Å². The number of unbranched alkanes of at least 4 members (excludes halogenated alkanes) is 2. The Labute approximate surface area is 104 Å². The van der Waals surface area contributed by atoms with E-state index in [4.69, 9.17) is 4.74 Å². The van der Waals surface area contributed by atoms with E-state index < -0.39 is 0 Å². The molecule has 17 heavy (non-hydrogen) atoms. The van der Waals surface area contributed by atoms with Crippen LogP contribution in [0.15, 0.2) is 24.3 Å². The van der Waals surface area contributed by atoms with Crippen molar-refractivity contribution in [2.24, 2.45) is 0 Å². The Kier molecular flexibility index (Phi) is 5.75. The van der Waals surface area contributed by atoms with Crippen LogP contribution in [0.4, 0.5) is 0 Å². The second-order valence-electron chi connectivity index (χ2n) is 4.51. The number of carbonyl (C=O) groups is 1. The summed E-state index contributed by atoms with van der Waals surface area (Å²) in [7, 11) is 0. The van der Waals surface area contributed by atoms with Gasteiger partial charge in [0.15, 0.2) is 0 Å². The minimum absolute atomic E-state index is 0.120. The van der Waals surface area contributed by atoms with Crippen molar-refractivity contribution in [2.75, 3.05) is 6.61 Å². The molecule has 0 bridgehead atoms. The Morgan fingerprint density at radius 1 is 1.24 bits per heavy atom. The lowest BCUT2D eigenvalue weighted by Crippen LogP contribution is -2.13. The number of rotatable bonds is 6. The van der Waals surface area contributed by atoms with Crippen molar-refractivity contribution in [3.05, 3.63) is 35.4 Å².